The fourth-order valence-electron chi connectivity index (χ4n) is 3.75. The molecular weight excluding hydrogens is 253 g/mol. The quantitative estimate of drug-likeness (QED) is 0.885. The van der Waals surface area contributed by atoms with Gasteiger partial charge in [-0.05, 0) is 50.0 Å². The van der Waals surface area contributed by atoms with E-state index < -0.39 is 6.10 Å². The molecule has 1 aliphatic rings. The molecule has 0 amide bonds. The van der Waals surface area contributed by atoms with Crippen molar-refractivity contribution in [3.63, 3.8) is 0 Å². The maximum absolute atomic E-state index is 13.4. The van der Waals surface area contributed by atoms with Crippen molar-refractivity contribution in [3.05, 3.63) is 35.1 Å². The third-order valence-electron chi connectivity index (χ3n) is 4.87. The molecule has 1 aromatic rings. The fourth-order valence-corrected chi connectivity index (χ4v) is 3.75. The van der Waals surface area contributed by atoms with Gasteiger partial charge in [0.25, 0.3) is 0 Å². The highest BCUT2D eigenvalue weighted by molar-refractivity contribution is 5.28. The van der Waals surface area contributed by atoms with Crippen LogP contribution >= 0.6 is 0 Å². The highest BCUT2D eigenvalue weighted by Gasteiger charge is 2.44. The van der Waals surface area contributed by atoms with Crippen LogP contribution in [0.5, 0.6) is 0 Å². The first-order valence-corrected chi connectivity index (χ1v) is 7.74. The highest BCUT2D eigenvalue weighted by atomic mass is 19.1. The van der Waals surface area contributed by atoms with Gasteiger partial charge in [0.05, 0.1) is 11.6 Å². The summed E-state index contributed by atoms with van der Waals surface area (Å²) in [7, 11) is 0. The molecule has 20 heavy (non-hydrogen) atoms. The summed E-state index contributed by atoms with van der Waals surface area (Å²) in [5, 5.41) is 11.0. The Labute approximate surface area is 121 Å². The largest absolute Gasteiger partial charge is 0.386 e. The van der Waals surface area contributed by atoms with Crippen molar-refractivity contribution in [2.75, 3.05) is 13.1 Å². The normalized spacial score (nSPS) is 19.5. The molecule has 0 saturated heterocycles. The third kappa shape index (κ3) is 2.61. The van der Waals surface area contributed by atoms with E-state index in [1.807, 2.05) is 0 Å². The Bertz CT molecular complexity index is 450. The molecule has 0 aliphatic heterocycles. The van der Waals surface area contributed by atoms with Crippen LogP contribution in [0.15, 0.2) is 18.2 Å². The Balaban J connectivity index is 2.35. The number of aliphatic hydroxyl groups excluding tert-OH is 1. The number of likely N-dealkylation sites (N-methyl/N-ethyl adjacent to an activating group) is 1. The molecule has 0 heterocycles. The second-order valence-corrected chi connectivity index (χ2v) is 5.89. The minimum Gasteiger partial charge on any atom is -0.386 e. The van der Waals surface area contributed by atoms with Gasteiger partial charge in [0.1, 0.15) is 5.82 Å². The third-order valence-corrected chi connectivity index (χ3v) is 4.87. The summed E-state index contributed by atoms with van der Waals surface area (Å²) in [6, 6.07) is 5.00. The van der Waals surface area contributed by atoms with Crippen LogP contribution in [0.25, 0.3) is 0 Å². The average Bonchev–Trinajstić information content (AvgIpc) is 2.93. The molecular formula is C17H26FNO. The highest BCUT2D eigenvalue weighted by Crippen LogP contribution is 2.44. The van der Waals surface area contributed by atoms with Gasteiger partial charge in [0.2, 0.25) is 0 Å². The number of nitrogens with zero attached hydrogens (tertiary/aromatic N) is 1. The van der Waals surface area contributed by atoms with Gasteiger partial charge in [-0.3, -0.25) is 4.90 Å². The lowest BCUT2D eigenvalue weighted by Gasteiger charge is -2.44. The summed E-state index contributed by atoms with van der Waals surface area (Å²) in [5.41, 5.74) is 1.28. The molecule has 1 aliphatic carbocycles. The summed E-state index contributed by atoms with van der Waals surface area (Å²) < 4.78 is 13.4. The molecule has 0 aromatic heterocycles. The average molecular weight is 279 g/mol. The molecule has 0 bridgehead atoms. The van der Waals surface area contributed by atoms with Crippen molar-refractivity contribution >= 4 is 0 Å². The zero-order valence-electron chi connectivity index (χ0n) is 12.8. The van der Waals surface area contributed by atoms with Crippen LogP contribution in [-0.4, -0.2) is 28.6 Å². The van der Waals surface area contributed by atoms with Crippen molar-refractivity contribution in [3.8, 4) is 0 Å². The van der Waals surface area contributed by atoms with Crippen molar-refractivity contribution in [2.45, 2.75) is 58.1 Å². The SMILES string of the molecule is CCN(CC)C1(C(O)c2ccc(F)c(C)c2)CCCC1. The monoisotopic (exact) mass is 279 g/mol. The predicted molar refractivity (Wildman–Crippen MR) is 80.2 cm³/mol. The summed E-state index contributed by atoms with van der Waals surface area (Å²) in [6.07, 6.45) is 3.82. The van der Waals surface area contributed by atoms with Gasteiger partial charge in [-0.1, -0.05) is 38.8 Å². The lowest BCUT2D eigenvalue weighted by atomic mass is 9.83. The molecule has 1 aromatic carbocycles. The first-order chi connectivity index (χ1) is 9.55. The van der Waals surface area contributed by atoms with E-state index in [2.05, 4.69) is 18.7 Å². The zero-order valence-corrected chi connectivity index (χ0v) is 12.8. The first kappa shape index (κ1) is 15.5. The van der Waals surface area contributed by atoms with E-state index in [0.29, 0.717) is 5.56 Å². The van der Waals surface area contributed by atoms with E-state index in [-0.39, 0.29) is 11.4 Å². The summed E-state index contributed by atoms with van der Waals surface area (Å²) in [4.78, 5) is 2.38. The van der Waals surface area contributed by atoms with Crippen molar-refractivity contribution in [1.82, 2.24) is 4.90 Å². The molecule has 0 spiro atoms. The minimum atomic E-state index is -0.538. The topological polar surface area (TPSA) is 23.5 Å². The number of benzene rings is 1. The van der Waals surface area contributed by atoms with E-state index in [4.69, 9.17) is 0 Å². The van der Waals surface area contributed by atoms with Crippen LogP contribution in [0.3, 0.4) is 0 Å². The zero-order chi connectivity index (χ0) is 14.8. The minimum absolute atomic E-state index is 0.173. The molecule has 1 saturated carbocycles. The smallest absolute Gasteiger partial charge is 0.126 e. The number of hydrogen-bond donors (Lipinski definition) is 1. The Morgan fingerprint density at radius 1 is 1.25 bits per heavy atom. The molecule has 2 nitrogen and oxygen atoms in total. The number of aryl methyl sites for hydroxylation is 1. The molecule has 1 N–H and O–H groups in total. The van der Waals surface area contributed by atoms with Gasteiger partial charge in [-0.25, -0.2) is 4.39 Å². The van der Waals surface area contributed by atoms with Crippen LogP contribution in [0.4, 0.5) is 4.39 Å². The van der Waals surface area contributed by atoms with Crippen LogP contribution in [0, 0.1) is 12.7 Å². The summed E-state index contributed by atoms with van der Waals surface area (Å²) in [6.45, 7) is 7.92. The van der Waals surface area contributed by atoms with E-state index in [0.717, 1.165) is 44.3 Å². The maximum Gasteiger partial charge on any atom is 0.126 e. The van der Waals surface area contributed by atoms with E-state index >= 15 is 0 Å². The Hall–Kier alpha value is -0.930. The molecule has 2 rings (SSSR count). The molecule has 3 heteroatoms. The van der Waals surface area contributed by atoms with Gasteiger partial charge in [0.15, 0.2) is 0 Å². The van der Waals surface area contributed by atoms with Crippen molar-refractivity contribution in [1.29, 1.82) is 0 Å². The van der Waals surface area contributed by atoms with Crippen LogP contribution < -0.4 is 0 Å². The van der Waals surface area contributed by atoms with E-state index in [1.165, 1.54) is 6.07 Å². The number of rotatable bonds is 5. The molecule has 1 unspecified atom stereocenters. The fraction of sp³-hybridized carbons (Fsp3) is 0.647. The number of hydrogen-bond acceptors (Lipinski definition) is 2. The Morgan fingerprint density at radius 2 is 1.85 bits per heavy atom. The van der Waals surface area contributed by atoms with Gasteiger partial charge >= 0.3 is 0 Å². The predicted octanol–water partition coefficient (Wildman–Crippen LogP) is 3.82. The first-order valence-electron chi connectivity index (χ1n) is 7.74. The lowest BCUT2D eigenvalue weighted by Crippen LogP contribution is -2.51. The van der Waals surface area contributed by atoms with Crippen molar-refractivity contribution < 1.29 is 9.50 Å². The van der Waals surface area contributed by atoms with Crippen LogP contribution in [0.1, 0.15) is 56.8 Å². The Morgan fingerprint density at radius 3 is 2.35 bits per heavy atom. The second kappa shape index (κ2) is 6.23. The Kier molecular flexibility index (Phi) is 4.82. The molecule has 112 valence electrons. The van der Waals surface area contributed by atoms with Gasteiger partial charge in [0, 0.05) is 0 Å². The van der Waals surface area contributed by atoms with Gasteiger partial charge < -0.3 is 5.11 Å². The van der Waals surface area contributed by atoms with Gasteiger partial charge in [-0.15, -0.1) is 0 Å². The second-order valence-electron chi connectivity index (χ2n) is 5.89. The standard InChI is InChI=1S/C17H26FNO/c1-4-19(5-2)17(10-6-7-11-17)16(20)14-8-9-15(18)13(3)12-14/h8-9,12,16,20H,4-7,10-11H2,1-3H3. The summed E-state index contributed by atoms with van der Waals surface area (Å²) >= 11 is 0. The van der Waals surface area contributed by atoms with E-state index in [9.17, 15) is 9.50 Å². The number of halogens is 1. The van der Waals surface area contributed by atoms with Gasteiger partial charge in [-0.2, -0.15) is 0 Å². The summed E-state index contributed by atoms with van der Waals surface area (Å²) in [5.74, 6) is -0.204. The molecule has 0 radical (unpaired) electrons. The van der Waals surface area contributed by atoms with Crippen molar-refractivity contribution in [2.24, 2.45) is 0 Å². The van der Waals surface area contributed by atoms with E-state index in [1.54, 1.807) is 19.1 Å². The lowest BCUT2D eigenvalue weighted by molar-refractivity contribution is -0.0269. The maximum atomic E-state index is 13.4. The molecule has 1 fully saturated rings. The van der Waals surface area contributed by atoms with Crippen LogP contribution in [0.2, 0.25) is 0 Å². The number of aliphatic hydroxyl groups is 1. The molecule has 1 atom stereocenters. The van der Waals surface area contributed by atoms with Crippen LogP contribution in [-0.2, 0) is 0 Å².